The summed E-state index contributed by atoms with van der Waals surface area (Å²) in [6.07, 6.45) is 2.00. The predicted octanol–water partition coefficient (Wildman–Crippen LogP) is 4.70. The summed E-state index contributed by atoms with van der Waals surface area (Å²) in [7, 11) is 0. The van der Waals surface area contributed by atoms with E-state index < -0.39 is 0 Å². The molecule has 0 fully saturated rings. The summed E-state index contributed by atoms with van der Waals surface area (Å²) in [6, 6.07) is 4.46. The van der Waals surface area contributed by atoms with E-state index in [1.165, 1.54) is 12.1 Å². The van der Waals surface area contributed by atoms with Crippen LogP contribution in [-0.4, -0.2) is 12.4 Å². The van der Waals surface area contributed by atoms with Crippen LogP contribution in [0.15, 0.2) is 22.7 Å². The van der Waals surface area contributed by atoms with Gasteiger partial charge in [-0.25, -0.2) is 4.39 Å². The number of ether oxygens (including phenoxy) is 1. The molecule has 17 heavy (non-hydrogen) atoms. The van der Waals surface area contributed by atoms with Gasteiger partial charge in [0.1, 0.15) is 11.6 Å². The van der Waals surface area contributed by atoms with Crippen molar-refractivity contribution in [2.24, 2.45) is 5.41 Å². The molecule has 0 spiro atoms. The summed E-state index contributed by atoms with van der Waals surface area (Å²) < 4.78 is 19.6. The Labute approximate surface area is 116 Å². The fourth-order valence-electron chi connectivity index (χ4n) is 1.54. The van der Waals surface area contributed by atoms with E-state index >= 15 is 0 Å². The van der Waals surface area contributed by atoms with Crippen molar-refractivity contribution in [3.8, 4) is 5.75 Å². The fraction of sp³-hybridized carbons (Fsp3) is 0.538. The van der Waals surface area contributed by atoms with Gasteiger partial charge in [-0.3, -0.25) is 0 Å². The molecule has 0 bridgehead atoms. The summed E-state index contributed by atoms with van der Waals surface area (Å²) in [5, 5.41) is 0. The third-order valence-electron chi connectivity index (χ3n) is 3.26. The molecule has 1 aromatic carbocycles. The Hall–Kier alpha value is -0.220. The minimum Gasteiger partial charge on any atom is -0.492 e. The number of rotatable bonds is 6. The number of hydrogen-bond donors (Lipinski definition) is 1. The maximum Gasteiger partial charge on any atom is 0.136 e. The second-order valence-electron chi connectivity index (χ2n) is 4.23. The van der Waals surface area contributed by atoms with Crippen molar-refractivity contribution in [3.05, 3.63) is 28.5 Å². The predicted molar refractivity (Wildman–Crippen MR) is 76.5 cm³/mol. The lowest BCUT2D eigenvalue weighted by molar-refractivity contribution is 0.156. The zero-order valence-corrected chi connectivity index (χ0v) is 12.7. The lowest BCUT2D eigenvalue weighted by atomic mass is 9.85. The van der Waals surface area contributed by atoms with Gasteiger partial charge in [-0.15, -0.1) is 0 Å². The monoisotopic (exact) mass is 320 g/mol. The van der Waals surface area contributed by atoms with Crippen molar-refractivity contribution in [1.82, 2.24) is 0 Å². The Kier molecular flexibility index (Phi) is 5.80. The van der Waals surface area contributed by atoms with Crippen LogP contribution in [-0.2, 0) is 0 Å². The van der Waals surface area contributed by atoms with Crippen LogP contribution in [0.3, 0.4) is 0 Å². The van der Waals surface area contributed by atoms with Gasteiger partial charge in [0.2, 0.25) is 0 Å². The van der Waals surface area contributed by atoms with Crippen LogP contribution < -0.4 is 4.74 Å². The molecule has 1 aromatic rings. The summed E-state index contributed by atoms with van der Waals surface area (Å²) >= 11 is 7.74. The average Bonchev–Trinajstić information content (AvgIpc) is 2.35. The summed E-state index contributed by atoms with van der Waals surface area (Å²) in [5.74, 6) is 1.04. The standard InChI is InChI=1S/C13H18BrFOS/c1-3-13(4-2,9-17)8-16-12-7-10(15)5-6-11(12)14/h5-7,17H,3-4,8-9H2,1-2H3. The van der Waals surface area contributed by atoms with Crippen LogP contribution in [0.25, 0.3) is 0 Å². The second kappa shape index (κ2) is 6.64. The van der Waals surface area contributed by atoms with Crippen molar-refractivity contribution in [1.29, 1.82) is 0 Å². The SMILES string of the molecule is CCC(CC)(CS)COc1cc(F)ccc1Br. The lowest BCUT2D eigenvalue weighted by Gasteiger charge is -2.29. The number of benzene rings is 1. The Morgan fingerprint density at radius 1 is 1.35 bits per heavy atom. The van der Waals surface area contributed by atoms with Gasteiger partial charge in [0.25, 0.3) is 0 Å². The molecule has 0 saturated carbocycles. The molecule has 0 radical (unpaired) electrons. The molecule has 0 unspecified atom stereocenters. The average molecular weight is 321 g/mol. The topological polar surface area (TPSA) is 9.23 Å². The number of hydrogen-bond acceptors (Lipinski definition) is 2. The van der Waals surface area contributed by atoms with Gasteiger partial charge in [-0.1, -0.05) is 13.8 Å². The minimum atomic E-state index is -0.285. The zero-order valence-electron chi connectivity index (χ0n) is 10.2. The molecule has 4 heteroatoms. The van der Waals surface area contributed by atoms with Crippen molar-refractivity contribution >= 4 is 28.6 Å². The molecule has 1 nitrogen and oxygen atoms in total. The Morgan fingerprint density at radius 2 is 2.00 bits per heavy atom. The van der Waals surface area contributed by atoms with Gasteiger partial charge in [-0.2, -0.15) is 12.6 Å². The highest BCUT2D eigenvalue weighted by Gasteiger charge is 2.25. The van der Waals surface area contributed by atoms with Crippen LogP contribution in [0, 0.1) is 11.2 Å². The van der Waals surface area contributed by atoms with Crippen molar-refractivity contribution in [3.63, 3.8) is 0 Å². The molecule has 0 aliphatic rings. The number of halogens is 2. The van der Waals surface area contributed by atoms with Crippen molar-refractivity contribution in [2.75, 3.05) is 12.4 Å². The Morgan fingerprint density at radius 3 is 2.53 bits per heavy atom. The van der Waals surface area contributed by atoms with Gasteiger partial charge < -0.3 is 4.74 Å². The van der Waals surface area contributed by atoms with E-state index in [1.807, 2.05) is 0 Å². The molecule has 0 saturated heterocycles. The van der Waals surface area contributed by atoms with E-state index in [4.69, 9.17) is 4.74 Å². The zero-order chi connectivity index (χ0) is 12.9. The number of thiol groups is 1. The summed E-state index contributed by atoms with van der Waals surface area (Å²) in [5.41, 5.74) is 0.0644. The third kappa shape index (κ3) is 3.88. The normalized spacial score (nSPS) is 11.6. The summed E-state index contributed by atoms with van der Waals surface area (Å²) in [6.45, 7) is 4.82. The smallest absolute Gasteiger partial charge is 0.136 e. The Bertz CT molecular complexity index is 358. The maximum absolute atomic E-state index is 13.1. The largest absolute Gasteiger partial charge is 0.492 e. The third-order valence-corrected chi connectivity index (χ3v) is 4.59. The fourth-order valence-corrected chi connectivity index (χ4v) is 2.44. The molecule has 0 atom stereocenters. The highest BCUT2D eigenvalue weighted by molar-refractivity contribution is 9.10. The minimum absolute atomic E-state index is 0.0644. The van der Waals surface area contributed by atoms with Crippen LogP contribution in [0.2, 0.25) is 0 Å². The van der Waals surface area contributed by atoms with E-state index in [9.17, 15) is 4.39 Å². The van der Waals surface area contributed by atoms with Gasteiger partial charge in [-0.05, 0) is 46.7 Å². The van der Waals surface area contributed by atoms with Crippen molar-refractivity contribution < 1.29 is 9.13 Å². The van der Waals surface area contributed by atoms with E-state index in [-0.39, 0.29) is 11.2 Å². The van der Waals surface area contributed by atoms with Gasteiger partial charge in [0.15, 0.2) is 0 Å². The van der Waals surface area contributed by atoms with Crippen LogP contribution in [0.5, 0.6) is 5.75 Å². The molecule has 0 amide bonds. The molecule has 0 aliphatic heterocycles. The molecular weight excluding hydrogens is 303 g/mol. The van der Waals surface area contributed by atoms with E-state index in [0.29, 0.717) is 12.4 Å². The quantitative estimate of drug-likeness (QED) is 0.747. The molecule has 1 rings (SSSR count). The first kappa shape index (κ1) is 14.8. The molecular formula is C13H18BrFOS. The molecule has 0 aromatic heterocycles. The maximum atomic E-state index is 13.1. The molecule has 0 aliphatic carbocycles. The van der Waals surface area contributed by atoms with Crippen LogP contribution >= 0.6 is 28.6 Å². The second-order valence-corrected chi connectivity index (χ2v) is 5.40. The van der Waals surface area contributed by atoms with Gasteiger partial charge >= 0.3 is 0 Å². The first-order valence-corrected chi connectivity index (χ1v) is 7.18. The van der Waals surface area contributed by atoms with Gasteiger partial charge in [0, 0.05) is 11.5 Å². The molecule has 96 valence electrons. The molecule has 0 N–H and O–H groups in total. The van der Waals surface area contributed by atoms with Crippen LogP contribution in [0.1, 0.15) is 26.7 Å². The highest BCUT2D eigenvalue weighted by Crippen LogP contribution is 2.31. The lowest BCUT2D eigenvalue weighted by Crippen LogP contribution is -2.29. The van der Waals surface area contributed by atoms with Crippen molar-refractivity contribution in [2.45, 2.75) is 26.7 Å². The van der Waals surface area contributed by atoms with E-state index in [2.05, 4.69) is 42.4 Å². The summed E-state index contributed by atoms with van der Waals surface area (Å²) in [4.78, 5) is 0. The molecule has 0 heterocycles. The van der Waals surface area contributed by atoms with E-state index in [1.54, 1.807) is 6.07 Å². The first-order valence-electron chi connectivity index (χ1n) is 5.75. The van der Waals surface area contributed by atoms with Crippen LogP contribution in [0.4, 0.5) is 4.39 Å². The first-order chi connectivity index (χ1) is 8.06. The highest BCUT2D eigenvalue weighted by atomic mass is 79.9. The van der Waals surface area contributed by atoms with E-state index in [0.717, 1.165) is 23.1 Å². The Balaban J connectivity index is 2.75. The van der Waals surface area contributed by atoms with Gasteiger partial charge in [0.05, 0.1) is 11.1 Å².